The Morgan fingerprint density at radius 1 is 1.04 bits per heavy atom. The van der Waals surface area contributed by atoms with Gasteiger partial charge in [-0.1, -0.05) is 17.9 Å². The van der Waals surface area contributed by atoms with Crippen molar-refractivity contribution in [2.45, 2.75) is 25.8 Å². The van der Waals surface area contributed by atoms with Gasteiger partial charge in [-0.15, -0.1) is 0 Å². The molecule has 0 fully saturated rings. The van der Waals surface area contributed by atoms with E-state index in [4.69, 9.17) is 10.4 Å². The first-order chi connectivity index (χ1) is 11.7. The minimum Gasteiger partial charge on any atom is -0.314 e. The van der Waals surface area contributed by atoms with Gasteiger partial charge in [-0.25, -0.2) is 9.37 Å². The maximum atomic E-state index is 13.2. The summed E-state index contributed by atoms with van der Waals surface area (Å²) < 4.78 is 15.2. The Labute approximate surface area is 139 Å². The fourth-order valence-corrected chi connectivity index (χ4v) is 3.07. The van der Waals surface area contributed by atoms with Crippen LogP contribution in [0.25, 0.3) is 10.9 Å². The van der Waals surface area contributed by atoms with E-state index in [0.717, 1.165) is 48.1 Å². The Bertz CT molecular complexity index is 1050. The molecule has 2 heterocycles. The van der Waals surface area contributed by atoms with Gasteiger partial charge in [0, 0.05) is 29.5 Å². The predicted octanol–water partition coefficient (Wildman–Crippen LogP) is 3.39. The molecule has 0 amide bonds. The fraction of sp³-hybridized carbons (Fsp3) is 0.200. The molecule has 2 aromatic carbocycles. The maximum absolute atomic E-state index is 13.2. The maximum Gasteiger partial charge on any atom is 0.135 e. The number of rotatable bonds is 0. The summed E-state index contributed by atoms with van der Waals surface area (Å²) in [5.74, 6) is 6.72. The lowest BCUT2D eigenvalue weighted by molar-refractivity contribution is 0.493. The zero-order chi connectivity index (χ0) is 16.5. The van der Waals surface area contributed by atoms with E-state index in [2.05, 4.69) is 11.8 Å². The fourth-order valence-electron chi connectivity index (χ4n) is 3.07. The lowest BCUT2D eigenvalue weighted by Crippen LogP contribution is -2.28. The van der Waals surface area contributed by atoms with Gasteiger partial charge >= 0.3 is 0 Å². The van der Waals surface area contributed by atoms with E-state index in [1.807, 2.05) is 22.8 Å². The van der Waals surface area contributed by atoms with E-state index in [1.165, 1.54) is 12.1 Å². The Kier molecular flexibility index (Phi) is 3.62. The van der Waals surface area contributed by atoms with Gasteiger partial charge in [-0.2, -0.15) is 0 Å². The number of halogens is 1. The normalized spacial score (nSPS) is 13.2. The van der Waals surface area contributed by atoms with Gasteiger partial charge in [0.05, 0.1) is 5.52 Å². The van der Waals surface area contributed by atoms with Crippen molar-refractivity contribution >= 4 is 10.9 Å². The molecular formula is C20H16FN3. The molecule has 0 unspecified atom stereocenters. The zero-order valence-corrected chi connectivity index (χ0v) is 13.1. The van der Waals surface area contributed by atoms with Crippen molar-refractivity contribution in [1.82, 2.24) is 9.55 Å². The average molecular weight is 317 g/mol. The van der Waals surface area contributed by atoms with Crippen molar-refractivity contribution in [3.8, 4) is 11.8 Å². The second-order valence-corrected chi connectivity index (χ2v) is 5.98. The minimum absolute atomic E-state index is 0.288. The van der Waals surface area contributed by atoms with Crippen LogP contribution in [0.3, 0.4) is 0 Å². The number of aromatic nitrogens is 2. The van der Waals surface area contributed by atoms with Gasteiger partial charge in [0.2, 0.25) is 0 Å². The van der Waals surface area contributed by atoms with Crippen molar-refractivity contribution in [2.24, 2.45) is 0 Å². The summed E-state index contributed by atoms with van der Waals surface area (Å²) in [6.45, 7) is 0.873. The van der Waals surface area contributed by atoms with Crippen molar-refractivity contribution in [2.75, 3.05) is 0 Å². The van der Waals surface area contributed by atoms with Crippen LogP contribution in [-0.4, -0.2) is 9.55 Å². The summed E-state index contributed by atoms with van der Waals surface area (Å²) in [5, 5.41) is 9.24. The summed E-state index contributed by atoms with van der Waals surface area (Å²) in [6, 6.07) is 12.0. The smallest absolute Gasteiger partial charge is 0.135 e. The monoisotopic (exact) mass is 317 g/mol. The molecule has 3 aromatic rings. The van der Waals surface area contributed by atoms with Gasteiger partial charge in [0.15, 0.2) is 0 Å². The minimum atomic E-state index is -0.288. The molecule has 118 valence electrons. The predicted molar refractivity (Wildman–Crippen MR) is 90.9 cm³/mol. The molecule has 1 N–H and O–H groups in total. The van der Waals surface area contributed by atoms with Gasteiger partial charge < -0.3 is 4.57 Å². The van der Waals surface area contributed by atoms with Crippen molar-refractivity contribution in [1.29, 1.82) is 5.41 Å². The van der Waals surface area contributed by atoms with Crippen LogP contribution < -0.4 is 5.49 Å². The van der Waals surface area contributed by atoms with Gasteiger partial charge in [-0.3, -0.25) is 5.41 Å². The van der Waals surface area contributed by atoms with Crippen LogP contribution in [0.5, 0.6) is 0 Å². The molecule has 1 aliphatic heterocycles. The molecule has 0 aliphatic carbocycles. The first kappa shape index (κ1) is 14.6. The van der Waals surface area contributed by atoms with Gasteiger partial charge in [-0.05, 0) is 49.2 Å². The largest absolute Gasteiger partial charge is 0.314 e. The summed E-state index contributed by atoms with van der Waals surface area (Å²) in [4.78, 5) is 4.72. The topological polar surface area (TPSA) is 41.7 Å². The van der Waals surface area contributed by atoms with Crippen LogP contribution in [0.2, 0.25) is 0 Å². The lowest BCUT2D eigenvalue weighted by Gasteiger charge is -2.19. The van der Waals surface area contributed by atoms with E-state index >= 15 is 0 Å². The molecule has 4 heteroatoms. The van der Waals surface area contributed by atoms with E-state index in [1.54, 1.807) is 12.1 Å². The summed E-state index contributed by atoms with van der Waals surface area (Å²) >= 11 is 0. The number of hydrogen-bond acceptors (Lipinski definition) is 2. The highest BCUT2D eigenvalue weighted by atomic mass is 19.1. The van der Waals surface area contributed by atoms with Crippen LogP contribution in [0.15, 0.2) is 42.5 Å². The number of benzene rings is 2. The highest BCUT2D eigenvalue weighted by molar-refractivity contribution is 5.79. The standard InChI is InChI=1S/C20H16FN3/c21-16-5-3-4-14(12-16)7-8-15-9-10-17-18(13-15)23-19-6-1-2-11-24(19)20(17)22/h3-5,9-10,12-13,22H,1-2,6,11H2. The Morgan fingerprint density at radius 3 is 2.71 bits per heavy atom. The van der Waals surface area contributed by atoms with Gasteiger partial charge in [0.25, 0.3) is 0 Å². The Balaban J connectivity index is 1.78. The number of aryl methyl sites for hydroxylation is 1. The van der Waals surface area contributed by atoms with E-state index in [9.17, 15) is 4.39 Å². The third-order valence-electron chi connectivity index (χ3n) is 4.29. The quantitative estimate of drug-likeness (QED) is 0.635. The molecule has 0 saturated carbocycles. The van der Waals surface area contributed by atoms with Crippen LogP contribution >= 0.6 is 0 Å². The number of fused-ring (bicyclic) bond motifs is 2. The van der Waals surface area contributed by atoms with Crippen LogP contribution in [0, 0.1) is 23.1 Å². The number of nitrogens with one attached hydrogen (secondary N) is 1. The third kappa shape index (κ3) is 2.69. The molecule has 4 rings (SSSR count). The number of hydrogen-bond donors (Lipinski definition) is 1. The summed E-state index contributed by atoms with van der Waals surface area (Å²) in [7, 11) is 0. The van der Waals surface area contributed by atoms with Crippen LogP contribution in [-0.2, 0) is 13.0 Å². The van der Waals surface area contributed by atoms with E-state index in [-0.39, 0.29) is 5.82 Å². The molecule has 1 aliphatic rings. The molecule has 24 heavy (non-hydrogen) atoms. The van der Waals surface area contributed by atoms with Crippen molar-refractivity contribution in [3.05, 3.63) is 70.7 Å². The second kappa shape index (κ2) is 5.93. The van der Waals surface area contributed by atoms with Crippen molar-refractivity contribution < 1.29 is 4.39 Å². The molecular weight excluding hydrogens is 301 g/mol. The zero-order valence-electron chi connectivity index (χ0n) is 13.1. The highest BCUT2D eigenvalue weighted by Gasteiger charge is 2.12. The molecule has 0 atom stereocenters. The van der Waals surface area contributed by atoms with E-state index in [0.29, 0.717) is 11.1 Å². The molecule has 0 spiro atoms. The molecule has 0 radical (unpaired) electrons. The first-order valence-electron chi connectivity index (χ1n) is 8.06. The summed E-state index contributed by atoms with van der Waals surface area (Å²) in [5.41, 5.74) is 2.79. The molecule has 0 saturated heterocycles. The molecule has 1 aromatic heterocycles. The van der Waals surface area contributed by atoms with Crippen LogP contribution in [0.1, 0.15) is 29.8 Å². The Morgan fingerprint density at radius 2 is 1.88 bits per heavy atom. The van der Waals surface area contributed by atoms with Crippen LogP contribution in [0.4, 0.5) is 4.39 Å². The number of nitrogens with zero attached hydrogens (tertiary/aromatic N) is 2. The summed E-state index contributed by atoms with van der Waals surface area (Å²) in [6.07, 6.45) is 3.14. The van der Waals surface area contributed by atoms with Gasteiger partial charge in [0.1, 0.15) is 17.1 Å². The lowest BCUT2D eigenvalue weighted by atomic mass is 10.1. The van der Waals surface area contributed by atoms with E-state index < -0.39 is 0 Å². The average Bonchev–Trinajstić information content (AvgIpc) is 2.60. The van der Waals surface area contributed by atoms with Crippen molar-refractivity contribution in [3.63, 3.8) is 0 Å². The molecule has 0 bridgehead atoms. The highest BCUT2D eigenvalue weighted by Crippen LogP contribution is 2.16. The Hall–Kier alpha value is -2.93. The molecule has 3 nitrogen and oxygen atoms in total. The third-order valence-corrected chi connectivity index (χ3v) is 4.29. The second-order valence-electron chi connectivity index (χ2n) is 5.98. The SMILES string of the molecule is N=c1c2ccc(C#Cc3cccc(F)c3)cc2nc2n1CCCC2. The first-order valence-corrected chi connectivity index (χ1v) is 8.06.